The topological polar surface area (TPSA) is 68.6 Å². The molecular formula is C21H18N2O4. The maximum atomic E-state index is 12.9. The number of aromatic nitrogens is 1. The first kappa shape index (κ1) is 17.2. The first-order valence-electron chi connectivity index (χ1n) is 8.78. The number of nitrogens with zero attached hydrogens (tertiary/aromatic N) is 2. The third kappa shape index (κ3) is 3.15. The summed E-state index contributed by atoms with van der Waals surface area (Å²) in [5.74, 6) is -1.41. The number of ether oxygens (including phenoxy) is 1. The largest absolute Gasteiger partial charge is 0.378 e. The predicted octanol–water partition coefficient (Wildman–Crippen LogP) is 2.37. The Morgan fingerprint density at radius 3 is 2.26 bits per heavy atom. The first-order valence-corrected chi connectivity index (χ1v) is 8.78. The minimum atomic E-state index is -0.604. The number of fused-ring (bicyclic) bond motifs is 1. The van der Waals surface area contributed by atoms with E-state index in [2.05, 4.69) is 0 Å². The van der Waals surface area contributed by atoms with Gasteiger partial charge in [-0.1, -0.05) is 36.4 Å². The van der Waals surface area contributed by atoms with Gasteiger partial charge in [-0.05, 0) is 18.2 Å². The summed E-state index contributed by atoms with van der Waals surface area (Å²) in [4.78, 5) is 39.9. The number of rotatable bonds is 3. The Morgan fingerprint density at radius 1 is 0.852 bits per heavy atom. The Labute approximate surface area is 155 Å². The van der Waals surface area contributed by atoms with Crippen molar-refractivity contribution in [2.75, 3.05) is 26.3 Å². The van der Waals surface area contributed by atoms with E-state index in [4.69, 9.17) is 4.74 Å². The van der Waals surface area contributed by atoms with Crippen LogP contribution in [0, 0.1) is 0 Å². The second-order valence-corrected chi connectivity index (χ2v) is 6.33. The molecular weight excluding hydrogens is 344 g/mol. The van der Waals surface area contributed by atoms with Gasteiger partial charge in [-0.2, -0.15) is 0 Å². The first-order chi connectivity index (χ1) is 13.2. The lowest BCUT2D eigenvalue weighted by molar-refractivity contribution is -0.130. The van der Waals surface area contributed by atoms with Crippen LogP contribution in [0.1, 0.15) is 20.7 Å². The van der Waals surface area contributed by atoms with Crippen molar-refractivity contribution in [1.82, 2.24) is 9.47 Å². The van der Waals surface area contributed by atoms with Gasteiger partial charge >= 0.3 is 0 Å². The van der Waals surface area contributed by atoms with Crippen LogP contribution in [0.5, 0.6) is 0 Å². The number of ketones is 1. The van der Waals surface area contributed by atoms with Crippen LogP contribution in [-0.2, 0) is 9.53 Å². The van der Waals surface area contributed by atoms with E-state index in [9.17, 15) is 14.4 Å². The van der Waals surface area contributed by atoms with Crippen molar-refractivity contribution < 1.29 is 19.1 Å². The number of carbonyl (C=O) groups excluding carboxylic acids is 3. The van der Waals surface area contributed by atoms with Crippen LogP contribution in [0.4, 0.5) is 0 Å². The Hall–Kier alpha value is -3.25. The van der Waals surface area contributed by atoms with Crippen LogP contribution in [0.3, 0.4) is 0 Å². The van der Waals surface area contributed by atoms with Crippen LogP contribution in [0.2, 0.25) is 0 Å². The molecule has 0 radical (unpaired) electrons. The van der Waals surface area contributed by atoms with Crippen LogP contribution in [0.25, 0.3) is 10.9 Å². The van der Waals surface area contributed by atoms with Crippen LogP contribution < -0.4 is 0 Å². The van der Waals surface area contributed by atoms with Crippen molar-refractivity contribution in [1.29, 1.82) is 0 Å². The summed E-state index contributed by atoms with van der Waals surface area (Å²) in [5.41, 5.74) is 1.35. The van der Waals surface area contributed by atoms with Gasteiger partial charge in [0.25, 0.3) is 17.6 Å². The molecule has 1 aromatic heterocycles. The number of benzene rings is 2. The molecule has 1 aliphatic rings. The van der Waals surface area contributed by atoms with Crippen molar-refractivity contribution in [3.8, 4) is 0 Å². The summed E-state index contributed by atoms with van der Waals surface area (Å²) in [6.45, 7) is 1.64. The molecule has 4 rings (SSSR count). The molecule has 1 saturated heterocycles. The fourth-order valence-corrected chi connectivity index (χ4v) is 3.27. The zero-order valence-electron chi connectivity index (χ0n) is 14.6. The van der Waals surface area contributed by atoms with Gasteiger partial charge < -0.3 is 9.64 Å². The monoisotopic (exact) mass is 362 g/mol. The number of hydrogen-bond acceptors (Lipinski definition) is 4. The number of Topliss-reactive ketones (excluding diaryl/α,β-unsaturated/α-hetero) is 1. The van der Waals surface area contributed by atoms with Gasteiger partial charge in [-0.15, -0.1) is 0 Å². The zero-order valence-corrected chi connectivity index (χ0v) is 14.6. The number of morpholine rings is 1. The average Bonchev–Trinajstić information content (AvgIpc) is 3.13. The molecule has 2 aromatic carbocycles. The highest BCUT2D eigenvalue weighted by atomic mass is 16.5. The maximum absolute atomic E-state index is 12.9. The van der Waals surface area contributed by atoms with Crippen LogP contribution >= 0.6 is 0 Å². The Balaban J connectivity index is 1.75. The van der Waals surface area contributed by atoms with Gasteiger partial charge in [0, 0.05) is 30.2 Å². The number of amides is 1. The highest BCUT2D eigenvalue weighted by Gasteiger charge is 2.28. The van der Waals surface area contributed by atoms with Gasteiger partial charge in [0.1, 0.15) is 0 Å². The minimum absolute atomic E-state index is 0.242. The average molecular weight is 362 g/mol. The second kappa shape index (κ2) is 7.17. The summed E-state index contributed by atoms with van der Waals surface area (Å²) in [6.07, 6.45) is 1.47. The molecule has 1 amide bonds. The second-order valence-electron chi connectivity index (χ2n) is 6.33. The lowest BCUT2D eigenvalue weighted by Crippen LogP contribution is -2.44. The SMILES string of the molecule is O=C(C(=O)N1CCOCC1)c1cn(C(=O)c2ccccc2)c2ccccc12. The van der Waals surface area contributed by atoms with Gasteiger partial charge in [0.2, 0.25) is 0 Å². The van der Waals surface area contributed by atoms with Crippen molar-refractivity contribution in [2.45, 2.75) is 0 Å². The molecule has 0 spiro atoms. The lowest BCUT2D eigenvalue weighted by atomic mass is 10.1. The molecule has 0 bridgehead atoms. The third-order valence-electron chi connectivity index (χ3n) is 4.69. The predicted molar refractivity (Wildman–Crippen MR) is 99.8 cm³/mol. The summed E-state index contributed by atoms with van der Waals surface area (Å²) < 4.78 is 6.67. The van der Waals surface area contributed by atoms with Crippen LogP contribution in [0.15, 0.2) is 60.8 Å². The van der Waals surface area contributed by atoms with Crippen LogP contribution in [-0.4, -0.2) is 53.4 Å². The molecule has 0 saturated carbocycles. The smallest absolute Gasteiger partial charge is 0.295 e. The van der Waals surface area contributed by atoms with E-state index < -0.39 is 11.7 Å². The Morgan fingerprint density at radius 2 is 1.52 bits per heavy atom. The van der Waals surface area contributed by atoms with E-state index >= 15 is 0 Å². The molecule has 6 nitrogen and oxygen atoms in total. The molecule has 0 atom stereocenters. The molecule has 0 unspecified atom stereocenters. The highest BCUT2D eigenvalue weighted by Crippen LogP contribution is 2.23. The number of para-hydroxylation sites is 1. The van der Waals surface area contributed by atoms with Crippen molar-refractivity contribution in [3.63, 3.8) is 0 Å². The van der Waals surface area contributed by atoms with E-state index in [0.29, 0.717) is 42.8 Å². The molecule has 1 aliphatic heterocycles. The molecule has 27 heavy (non-hydrogen) atoms. The van der Waals surface area contributed by atoms with Gasteiger partial charge in [-0.25, -0.2) is 0 Å². The fraction of sp³-hybridized carbons (Fsp3) is 0.190. The normalized spacial score (nSPS) is 14.3. The van der Waals surface area contributed by atoms with E-state index in [1.54, 1.807) is 48.5 Å². The Bertz CT molecular complexity index is 1020. The Kier molecular flexibility index (Phi) is 4.56. The van der Waals surface area contributed by atoms with Crippen molar-refractivity contribution in [2.24, 2.45) is 0 Å². The molecule has 0 aliphatic carbocycles. The van der Waals surface area contributed by atoms with Crippen molar-refractivity contribution in [3.05, 3.63) is 71.9 Å². The molecule has 1 fully saturated rings. The van der Waals surface area contributed by atoms with E-state index in [-0.39, 0.29) is 11.5 Å². The van der Waals surface area contributed by atoms with Crippen molar-refractivity contribution >= 4 is 28.5 Å². The summed E-state index contributed by atoms with van der Waals surface area (Å²) in [6, 6.07) is 16.0. The summed E-state index contributed by atoms with van der Waals surface area (Å²) in [7, 11) is 0. The number of hydrogen-bond donors (Lipinski definition) is 0. The fourth-order valence-electron chi connectivity index (χ4n) is 3.27. The molecule has 0 N–H and O–H groups in total. The zero-order chi connectivity index (χ0) is 18.8. The van der Waals surface area contributed by atoms with E-state index in [0.717, 1.165) is 0 Å². The number of carbonyl (C=O) groups is 3. The highest BCUT2D eigenvalue weighted by molar-refractivity contribution is 6.45. The van der Waals surface area contributed by atoms with Gasteiger partial charge in [-0.3, -0.25) is 19.0 Å². The summed E-state index contributed by atoms with van der Waals surface area (Å²) >= 11 is 0. The standard InChI is InChI=1S/C21H18N2O4/c24-19(21(26)22-10-12-27-13-11-22)17-14-23(18-9-5-4-8-16(17)18)20(25)15-6-2-1-3-7-15/h1-9,14H,10-13H2. The molecule has 6 heteroatoms. The third-order valence-corrected chi connectivity index (χ3v) is 4.69. The van der Waals surface area contributed by atoms with Gasteiger partial charge in [0.15, 0.2) is 0 Å². The molecule has 3 aromatic rings. The quantitative estimate of drug-likeness (QED) is 0.530. The lowest BCUT2D eigenvalue weighted by Gasteiger charge is -2.25. The maximum Gasteiger partial charge on any atom is 0.295 e. The molecule has 2 heterocycles. The van der Waals surface area contributed by atoms with E-state index in [1.165, 1.54) is 15.7 Å². The summed E-state index contributed by atoms with van der Waals surface area (Å²) in [5, 5.41) is 0.591. The van der Waals surface area contributed by atoms with E-state index in [1.807, 2.05) is 6.07 Å². The van der Waals surface area contributed by atoms with Gasteiger partial charge in [0.05, 0.1) is 24.3 Å². The minimum Gasteiger partial charge on any atom is -0.378 e. The molecule has 136 valence electrons.